The first-order valence-corrected chi connectivity index (χ1v) is 7.14. The molecule has 0 spiro atoms. The summed E-state index contributed by atoms with van der Waals surface area (Å²) in [7, 11) is 0. The van der Waals surface area contributed by atoms with E-state index in [4.69, 9.17) is 9.47 Å². The second-order valence-corrected chi connectivity index (χ2v) is 5.94. The summed E-state index contributed by atoms with van der Waals surface area (Å²) in [5.74, 6) is 3.43. The molecule has 0 saturated carbocycles. The van der Waals surface area contributed by atoms with Gasteiger partial charge in [0.15, 0.2) is 11.5 Å². The Kier molecular flexibility index (Phi) is 2.67. The smallest absolute Gasteiger partial charge is 0.231 e. The number of ether oxygens (including phenoxy) is 2. The molecule has 0 aromatic heterocycles. The molecule has 19 heavy (non-hydrogen) atoms. The summed E-state index contributed by atoms with van der Waals surface area (Å²) in [6.07, 6.45) is 0. The van der Waals surface area contributed by atoms with Gasteiger partial charge in [-0.15, -0.1) is 0 Å². The minimum atomic E-state index is 0.356. The maximum absolute atomic E-state index is 5.45. The van der Waals surface area contributed by atoms with Crippen molar-refractivity contribution in [2.45, 2.75) is 19.5 Å². The topological polar surface area (TPSA) is 33.7 Å². The van der Waals surface area contributed by atoms with E-state index >= 15 is 0 Å². The molecule has 0 aliphatic carbocycles. The molecule has 4 nitrogen and oxygen atoms in total. The van der Waals surface area contributed by atoms with E-state index in [0.29, 0.717) is 12.8 Å². The van der Waals surface area contributed by atoms with Crippen molar-refractivity contribution >= 4 is 0 Å². The van der Waals surface area contributed by atoms with E-state index in [0.717, 1.165) is 29.9 Å². The Bertz CT molecular complexity index is 491. The van der Waals surface area contributed by atoms with E-state index in [-0.39, 0.29) is 0 Å². The van der Waals surface area contributed by atoms with Crippen LogP contribution in [0.4, 0.5) is 0 Å². The fourth-order valence-corrected chi connectivity index (χ4v) is 3.74. The van der Waals surface area contributed by atoms with Gasteiger partial charge in [0.25, 0.3) is 0 Å². The normalized spacial score (nSPS) is 32.8. The highest BCUT2D eigenvalue weighted by Crippen LogP contribution is 2.36. The number of fused-ring (bicyclic) bond motifs is 2. The third-order valence-electron chi connectivity index (χ3n) is 4.88. The molecule has 4 rings (SSSR count). The first-order chi connectivity index (χ1) is 9.31. The molecule has 0 radical (unpaired) electrons. The van der Waals surface area contributed by atoms with Crippen LogP contribution in [-0.4, -0.2) is 37.4 Å². The van der Waals surface area contributed by atoms with Gasteiger partial charge in [0, 0.05) is 19.1 Å². The molecule has 0 amide bonds. The highest BCUT2D eigenvalue weighted by Gasteiger charge is 2.41. The van der Waals surface area contributed by atoms with Crippen molar-refractivity contribution in [3.63, 3.8) is 0 Å². The molecule has 3 heterocycles. The SMILES string of the molecule is CC1C2CNCC2CN1Cc1ccc2c(c1)OCO2. The van der Waals surface area contributed by atoms with Crippen LogP contribution in [0.2, 0.25) is 0 Å². The number of benzene rings is 1. The molecular weight excluding hydrogens is 240 g/mol. The van der Waals surface area contributed by atoms with E-state index in [1.807, 2.05) is 6.07 Å². The van der Waals surface area contributed by atoms with Crippen LogP contribution in [0.3, 0.4) is 0 Å². The van der Waals surface area contributed by atoms with Crippen LogP contribution in [0.5, 0.6) is 11.5 Å². The second kappa shape index (κ2) is 4.39. The summed E-state index contributed by atoms with van der Waals surface area (Å²) in [5, 5.41) is 3.51. The molecule has 3 unspecified atom stereocenters. The van der Waals surface area contributed by atoms with Crippen molar-refractivity contribution in [2.75, 3.05) is 26.4 Å². The van der Waals surface area contributed by atoms with Gasteiger partial charge < -0.3 is 14.8 Å². The number of nitrogens with one attached hydrogen (secondary N) is 1. The highest BCUT2D eigenvalue weighted by atomic mass is 16.7. The Balaban J connectivity index is 1.50. The van der Waals surface area contributed by atoms with Gasteiger partial charge in [-0.1, -0.05) is 6.07 Å². The molecule has 3 atom stereocenters. The van der Waals surface area contributed by atoms with E-state index in [1.165, 1.54) is 25.2 Å². The Morgan fingerprint density at radius 2 is 2.16 bits per heavy atom. The van der Waals surface area contributed by atoms with Crippen LogP contribution < -0.4 is 14.8 Å². The predicted octanol–water partition coefficient (Wildman–Crippen LogP) is 1.45. The van der Waals surface area contributed by atoms with Crippen LogP contribution in [-0.2, 0) is 6.54 Å². The van der Waals surface area contributed by atoms with E-state index in [9.17, 15) is 0 Å². The summed E-state index contributed by atoms with van der Waals surface area (Å²) in [5.41, 5.74) is 1.32. The molecule has 3 aliphatic rings. The number of hydrogen-bond acceptors (Lipinski definition) is 4. The van der Waals surface area contributed by atoms with Gasteiger partial charge in [-0.2, -0.15) is 0 Å². The zero-order valence-corrected chi connectivity index (χ0v) is 11.3. The van der Waals surface area contributed by atoms with Crippen LogP contribution in [0.1, 0.15) is 12.5 Å². The maximum Gasteiger partial charge on any atom is 0.231 e. The van der Waals surface area contributed by atoms with Crippen molar-refractivity contribution in [1.82, 2.24) is 10.2 Å². The number of nitrogens with zero attached hydrogens (tertiary/aromatic N) is 1. The summed E-state index contributed by atoms with van der Waals surface area (Å²) < 4.78 is 10.8. The zero-order valence-electron chi connectivity index (χ0n) is 11.3. The molecule has 3 aliphatic heterocycles. The van der Waals surface area contributed by atoms with Gasteiger partial charge in [-0.3, -0.25) is 4.90 Å². The van der Waals surface area contributed by atoms with E-state index in [1.54, 1.807) is 0 Å². The molecule has 102 valence electrons. The average molecular weight is 260 g/mol. The van der Waals surface area contributed by atoms with Crippen LogP contribution in [0.15, 0.2) is 18.2 Å². The van der Waals surface area contributed by atoms with E-state index < -0.39 is 0 Å². The summed E-state index contributed by atoms with van der Waals surface area (Å²) in [6, 6.07) is 6.99. The van der Waals surface area contributed by atoms with Crippen molar-refractivity contribution in [3.8, 4) is 11.5 Å². The Morgan fingerprint density at radius 3 is 3.05 bits per heavy atom. The lowest BCUT2D eigenvalue weighted by Crippen LogP contribution is -2.32. The second-order valence-electron chi connectivity index (χ2n) is 5.94. The van der Waals surface area contributed by atoms with Gasteiger partial charge in [0.2, 0.25) is 6.79 Å². The van der Waals surface area contributed by atoms with Crippen molar-refractivity contribution in [3.05, 3.63) is 23.8 Å². The summed E-state index contributed by atoms with van der Waals surface area (Å²) in [4.78, 5) is 2.60. The average Bonchev–Trinajstić information content (AvgIpc) is 3.09. The lowest BCUT2D eigenvalue weighted by molar-refractivity contribution is 0.174. The van der Waals surface area contributed by atoms with Crippen molar-refractivity contribution < 1.29 is 9.47 Å². The van der Waals surface area contributed by atoms with E-state index in [2.05, 4.69) is 29.3 Å². The highest BCUT2D eigenvalue weighted by molar-refractivity contribution is 5.44. The molecular formula is C15H20N2O2. The number of hydrogen-bond donors (Lipinski definition) is 1. The summed E-state index contributed by atoms with van der Waals surface area (Å²) in [6.45, 7) is 7.33. The molecule has 1 N–H and O–H groups in total. The van der Waals surface area contributed by atoms with Gasteiger partial charge in [-0.25, -0.2) is 0 Å². The quantitative estimate of drug-likeness (QED) is 0.873. The van der Waals surface area contributed by atoms with Crippen molar-refractivity contribution in [2.24, 2.45) is 11.8 Å². The lowest BCUT2D eigenvalue weighted by Gasteiger charge is -2.24. The standard InChI is InChI=1S/C15H20N2O2/c1-10-13-6-16-5-12(13)8-17(10)7-11-2-3-14-15(4-11)19-9-18-14/h2-4,10,12-13,16H,5-9H2,1H3. The maximum atomic E-state index is 5.45. The van der Waals surface area contributed by atoms with Gasteiger partial charge in [0.05, 0.1) is 0 Å². The minimum absolute atomic E-state index is 0.356. The van der Waals surface area contributed by atoms with Gasteiger partial charge >= 0.3 is 0 Å². The van der Waals surface area contributed by atoms with Crippen LogP contribution in [0, 0.1) is 11.8 Å². The molecule has 0 bridgehead atoms. The van der Waals surface area contributed by atoms with Crippen LogP contribution in [0.25, 0.3) is 0 Å². The largest absolute Gasteiger partial charge is 0.454 e. The third-order valence-corrected chi connectivity index (χ3v) is 4.88. The number of rotatable bonds is 2. The molecule has 4 heteroatoms. The molecule has 1 aromatic rings. The Morgan fingerprint density at radius 1 is 1.26 bits per heavy atom. The van der Waals surface area contributed by atoms with Gasteiger partial charge in [-0.05, 0) is 49.5 Å². The lowest BCUT2D eigenvalue weighted by atomic mass is 9.95. The molecule has 2 fully saturated rings. The fourth-order valence-electron chi connectivity index (χ4n) is 3.74. The molecule has 2 saturated heterocycles. The minimum Gasteiger partial charge on any atom is -0.454 e. The predicted molar refractivity (Wildman–Crippen MR) is 72.3 cm³/mol. The third kappa shape index (κ3) is 1.90. The number of likely N-dealkylation sites (tertiary alicyclic amines) is 1. The van der Waals surface area contributed by atoms with Gasteiger partial charge in [0.1, 0.15) is 0 Å². The fraction of sp³-hybridized carbons (Fsp3) is 0.600. The first kappa shape index (κ1) is 11.6. The van der Waals surface area contributed by atoms with Crippen LogP contribution >= 0.6 is 0 Å². The first-order valence-electron chi connectivity index (χ1n) is 7.14. The summed E-state index contributed by atoms with van der Waals surface area (Å²) >= 11 is 0. The monoisotopic (exact) mass is 260 g/mol. The Hall–Kier alpha value is -1.26. The zero-order chi connectivity index (χ0) is 12.8. The molecule has 1 aromatic carbocycles. The van der Waals surface area contributed by atoms with Crippen molar-refractivity contribution in [1.29, 1.82) is 0 Å². The Labute approximate surface area is 113 Å².